The summed E-state index contributed by atoms with van der Waals surface area (Å²) in [5.74, 6) is -1.98. The third-order valence-electron chi connectivity index (χ3n) is 6.54. The number of carbonyl (C=O) groups excluding carboxylic acids is 1. The molecule has 0 spiro atoms. The SMILES string of the molecule is CN1CCC[C@H]1COc1ccc(CN2CC[C@H](NC(=O)c3ccc(Cl)c(Cl)c3)C2)cc1Br.O=C(O)C(F)(F)F. The Morgan fingerprint density at radius 3 is 2.44 bits per heavy atom. The van der Waals surface area contributed by atoms with Gasteiger partial charge >= 0.3 is 12.1 Å². The van der Waals surface area contributed by atoms with Gasteiger partial charge in [-0.3, -0.25) is 9.69 Å². The Labute approximate surface area is 243 Å². The number of alkyl halides is 3. The lowest BCUT2D eigenvalue weighted by molar-refractivity contribution is -0.192. The molecule has 2 aliphatic rings. The van der Waals surface area contributed by atoms with E-state index in [-0.39, 0.29) is 11.9 Å². The van der Waals surface area contributed by atoms with Gasteiger partial charge < -0.3 is 20.1 Å². The highest BCUT2D eigenvalue weighted by atomic mass is 79.9. The predicted octanol–water partition coefficient (Wildman–Crippen LogP) is 5.87. The number of carboxylic acid groups (broad SMARTS) is 1. The minimum absolute atomic E-state index is 0.117. The Morgan fingerprint density at radius 2 is 1.85 bits per heavy atom. The largest absolute Gasteiger partial charge is 0.491 e. The van der Waals surface area contributed by atoms with Crippen molar-refractivity contribution in [1.82, 2.24) is 15.1 Å². The lowest BCUT2D eigenvalue weighted by Gasteiger charge is -2.21. The van der Waals surface area contributed by atoms with E-state index in [9.17, 15) is 18.0 Å². The number of likely N-dealkylation sites (N-methyl/N-ethyl adjacent to an activating group) is 1. The molecule has 39 heavy (non-hydrogen) atoms. The molecule has 0 radical (unpaired) electrons. The van der Waals surface area contributed by atoms with Crippen LogP contribution in [0.4, 0.5) is 13.2 Å². The minimum atomic E-state index is -5.08. The van der Waals surface area contributed by atoms with Crippen molar-refractivity contribution in [3.63, 3.8) is 0 Å². The Hall–Kier alpha value is -2.05. The molecule has 2 aliphatic heterocycles. The molecule has 2 heterocycles. The second-order valence-electron chi connectivity index (χ2n) is 9.48. The van der Waals surface area contributed by atoms with Crippen LogP contribution >= 0.6 is 39.1 Å². The number of rotatable bonds is 7. The number of likely N-dealkylation sites (tertiary alicyclic amines) is 2. The van der Waals surface area contributed by atoms with Crippen molar-refractivity contribution in [2.75, 3.05) is 33.3 Å². The zero-order valence-electron chi connectivity index (χ0n) is 21.1. The van der Waals surface area contributed by atoms with Crippen molar-refractivity contribution in [3.8, 4) is 5.75 Å². The number of benzene rings is 2. The van der Waals surface area contributed by atoms with Crippen molar-refractivity contribution in [2.24, 2.45) is 0 Å². The second kappa shape index (κ2) is 14.0. The van der Waals surface area contributed by atoms with Crippen LogP contribution in [0, 0.1) is 0 Å². The summed E-state index contributed by atoms with van der Waals surface area (Å²) in [6.07, 6.45) is -1.72. The Balaban J connectivity index is 0.000000532. The summed E-state index contributed by atoms with van der Waals surface area (Å²) in [6.45, 7) is 4.47. The van der Waals surface area contributed by atoms with E-state index < -0.39 is 12.1 Å². The summed E-state index contributed by atoms with van der Waals surface area (Å²) in [5.41, 5.74) is 1.75. The van der Waals surface area contributed by atoms with Gasteiger partial charge in [0, 0.05) is 37.3 Å². The summed E-state index contributed by atoms with van der Waals surface area (Å²) in [5, 5.41) is 11.1. The number of amides is 1. The van der Waals surface area contributed by atoms with E-state index in [1.54, 1.807) is 18.2 Å². The summed E-state index contributed by atoms with van der Waals surface area (Å²) >= 11 is 15.6. The maximum Gasteiger partial charge on any atom is 0.490 e. The van der Waals surface area contributed by atoms with Crippen LogP contribution < -0.4 is 10.1 Å². The average Bonchev–Trinajstić information content (AvgIpc) is 3.48. The molecule has 0 unspecified atom stereocenters. The zero-order chi connectivity index (χ0) is 28.7. The third kappa shape index (κ3) is 9.53. The average molecular weight is 655 g/mol. The molecule has 0 saturated carbocycles. The fraction of sp³-hybridized carbons (Fsp3) is 0.462. The van der Waals surface area contributed by atoms with Crippen LogP contribution in [0.5, 0.6) is 5.75 Å². The molecule has 0 aromatic heterocycles. The molecular formula is C26H29BrCl2F3N3O4. The van der Waals surface area contributed by atoms with E-state index in [2.05, 4.69) is 50.2 Å². The monoisotopic (exact) mass is 653 g/mol. The van der Waals surface area contributed by atoms with E-state index in [0.29, 0.717) is 21.7 Å². The molecule has 2 atom stereocenters. The van der Waals surface area contributed by atoms with Crippen LogP contribution in [0.25, 0.3) is 0 Å². The molecular weight excluding hydrogens is 626 g/mol. The summed E-state index contributed by atoms with van der Waals surface area (Å²) in [6, 6.07) is 11.9. The van der Waals surface area contributed by atoms with Crippen molar-refractivity contribution >= 4 is 51.0 Å². The molecule has 0 bridgehead atoms. The van der Waals surface area contributed by atoms with Gasteiger partial charge in [0.1, 0.15) is 12.4 Å². The van der Waals surface area contributed by atoms with E-state index >= 15 is 0 Å². The molecule has 4 rings (SSSR count). The van der Waals surface area contributed by atoms with Crippen LogP contribution in [0.2, 0.25) is 10.0 Å². The fourth-order valence-electron chi connectivity index (χ4n) is 4.39. The topological polar surface area (TPSA) is 82.1 Å². The molecule has 7 nitrogen and oxygen atoms in total. The first-order valence-electron chi connectivity index (χ1n) is 12.2. The standard InChI is InChI=1S/C24H28BrCl2N3O2.C2HF3O2/c1-29-9-2-3-19(29)15-32-23-7-4-16(11-20(23)25)13-30-10-8-18(14-30)28-24(31)17-5-6-21(26)22(27)12-17;3-2(4,5)1(6)7/h4-7,11-12,18-19H,2-3,8-10,13-15H2,1H3,(H,28,31);(H,6,7)/t18-,19-;/m0./s1. The third-order valence-corrected chi connectivity index (χ3v) is 7.90. The maximum atomic E-state index is 12.5. The van der Waals surface area contributed by atoms with Crippen molar-refractivity contribution in [2.45, 2.75) is 44.1 Å². The highest BCUT2D eigenvalue weighted by molar-refractivity contribution is 9.10. The number of aliphatic carboxylic acids is 1. The summed E-state index contributed by atoms with van der Waals surface area (Å²) < 4.78 is 38.8. The second-order valence-corrected chi connectivity index (χ2v) is 11.1. The zero-order valence-corrected chi connectivity index (χ0v) is 24.2. The number of carboxylic acids is 1. The summed E-state index contributed by atoms with van der Waals surface area (Å²) in [7, 11) is 2.16. The van der Waals surface area contributed by atoms with Crippen molar-refractivity contribution < 1.29 is 32.6 Å². The van der Waals surface area contributed by atoms with Gasteiger partial charge in [-0.1, -0.05) is 29.3 Å². The van der Waals surface area contributed by atoms with Crippen LogP contribution in [-0.2, 0) is 11.3 Å². The van der Waals surface area contributed by atoms with E-state index in [0.717, 1.165) is 49.4 Å². The van der Waals surface area contributed by atoms with Gasteiger partial charge in [-0.05, 0) is 84.7 Å². The van der Waals surface area contributed by atoms with Gasteiger partial charge in [-0.15, -0.1) is 0 Å². The van der Waals surface area contributed by atoms with Gasteiger partial charge in [0.2, 0.25) is 0 Å². The van der Waals surface area contributed by atoms with E-state index in [1.807, 2.05) is 6.07 Å². The number of halogens is 6. The van der Waals surface area contributed by atoms with Crippen LogP contribution in [0.1, 0.15) is 35.2 Å². The number of nitrogens with zero attached hydrogens (tertiary/aromatic N) is 2. The lowest BCUT2D eigenvalue weighted by atomic mass is 10.2. The summed E-state index contributed by atoms with van der Waals surface area (Å²) in [4.78, 5) is 26.2. The number of hydrogen-bond acceptors (Lipinski definition) is 5. The maximum absolute atomic E-state index is 12.5. The fourth-order valence-corrected chi connectivity index (χ4v) is 5.23. The highest BCUT2D eigenvalue weighted by Gasteiger charge is 2.38. The molecule has 2 fully saturated rings. The number of nitrogens with one attached hydrogen (secondary N) is 1. The minimum Gasteiger partial charge on any atom is -0.491 e. The Kier molecular flexibility index (Phi) is 11.3. The number of carbonyl (C=O) groups is 2. The van der Waals surface area contributed by atoms with E-state index in [4.69, 9.17) is 37.8 Å². The first-order valence-corrected chi connectivity index (χ1v) is 13.8. The van der Waals surface area contributed by atoms with Crippen LogP contribution in [0.3, 0.4) is 0 Å². The molecule has 2 saturated heterocycles. The molecule has 0 aliphatic carbocycles. The number of ether oxygens (including phenoxy) is 1. The Morgan fingerprint density at radius 1 is 1.13 bits per heavy atom. The van der Waals surface area contributed by atoms with Crippen LogP contribution in [0.15, 0.2) is 40.9 Å². The van der Waals surface area contributed by atoms with Gasteiger partial charge in [0.25, 0.3) is 5.91 Å². The predicted molar refractivity (Wildman–Crippen MR) is 147 cm³/mol. The number of hydrogen-bond donors (Lipinski definition) is 2. The first kappa shape index (κ1) is 31.5. The van der Waals surface area contributed by atoms with Gasteiger partial charge in [0.15, 0.2) is 0 Å². The molecule has 1 amide bonds. The molecule has 214 valence electrons. The molecule has 2 aromatic rings. The molecule has 13 heteroatoms. The molecule has 2 aromatic carbocycles. The first-order chi connectivity index (χ1) is 18.3. The van der Waals surface area contributed by atoms with E-state index in [1.165, 1.54) is 18.4 Å². The van der Waals surface area contributed by atoms with Crippen molar-refractivity contribution in [3.05, 3.63) is 62.0 Å². The van der Waals surface area contributed by atoms with Crippen LogP contribution in [-0.4, -0.2) is 78.3 Å². The van der Waals surface area contributed by atoms with Gasteiger partial charge in [0.05, 0.1) is 14.5 Å². The highest BCUT2D eigenvalue weighted by Crippen LogP contribution is 2.28. The molecule has 2 N–H and O–H groups in total. The normalized spacial score (nSPS) is 19.9. The van der Waals surface area contributed by atoms with Crippen molar-refractivity contribution in [1.29, 1.82) is 0 Å². The lowest BCUT2D eigenvalue weighted by Crippen LogP contribution is -2.37. The quantitative estimate of drug-likeness (QED) is 0.389. The van der Waals surface area contributed by atoms with Gasteiger partial charge in [-0.25, -0.2) is 4.79 Å². The van der Waals surface area contributed by atoms with Gasteiger partial charge in [-0.2, -0.15) is 13.2 Å². The smallest absolute Gasteiger partial charge is 0.490 e. The Bertz CT molecular complexity index is 1170.